The van der Waals surface area contributed by atoms with E-state index in [9.17, 15) is 9.59 Å². The summed E-state index contributed by atoms with van der Waals surface area (Å²) >= 11 is 0. The van der Waals surface area contributed by atoms with Crippen molar-refractivity contribution >= 4 is 17.6 Å². The molecule has 1 aromatic carbocycles. The van der Waals surface area contributed by atoms with Gasteiger partial charge in [-0.25, -0.2) is 9.78 Å². The van der Waals surface area contributed by atoms with E-state index in [2.05, 4.69) is 10.3 Å². The molecule has 0 atom stereocenters. The highest BCUT2D eigenvalue weighted by atomic mass is 16.5. The van der Waals surface area contributed by atoms with Crippen LogP contribution in [0.1, 0.15) is 21.6 Å². The maximum Gasteiger partial charge on any atom is 0.357 e. The third-order valence-electron chi connectivity index (χ3n) is 2.86. The molecule has 0 fully saturated rings. The number of ether oxygens (including phenoxy) is 1. The van der Waals surface area contributed by atoms with Gasteiger partial charge in [0.25, 0.3) is 5.91 Å². The second kappa shape index (κ2) is 6.65. The standard InChI is InChI=1S/C16H16N2O3/c1-11-6-7-13(12(2)9-11)18-15(19)10-21-16(20)14-5-3-4-8-17-14/h3-9H,10H2,1-2H3,(H,18,19). The number of esters is 1. The van der Waals surface area contributed by atoms with E-state index in [1.807, 2.05) is 32.0 Å². The van der Waals surface area contributed by atoms with Gasteiger partial charge in [0.2, 0.25) is 0 Å². The number of aryl methyl sites for hydroxylation is 2. The van der Waals surface area contributed by atoms with E-state index in [1.165, 1.54) is 12.3 Å². The zero-order valence-electron chi connectivity index (χ0n) is 11.9. The predicted molar refractivity (Wildman–Crippen MR) is 79.1 cm³/mol. The van der Waals surface area contributed by atoms with Crippen LogP contribution in [0.25, 0.3) is 0 Å². The number of hydrogen-bond acceptors (Lipinski definition) is 4. The molecular weight excluding hydrogens is 268 g/mol. The summed E-state index contributed by atoms with van der Waals surface area (Å²) in [5.74, 6) is -1.00. The Morgan fingerprint density at radius 2 is 2.00 bits per heavy atom. The first-order chi connectivity index (χ1) is 10.1. The Labute approximate surface area is 123 Å². The average molecular weight is 284 g/mol. The van der Waals surface area contributed by atoms with E-state index in [-0.39, 0.29) is 18.2 Å². The summed E-state index contributed by atoms with van der Waals surface area (Å²) in [4.78, 5) is 27.3. The molecule has 1 N–H and O–H groups in total. The molecule has 0 saturated heterocycles. The molecule has 1 aromatic heterocycles. The minimum Gasteiger partial charge on any atom is -0.451 e. The molecule has 2 rings (SSSR count). The van der Waals surface area contributed by atoms with E-state index in [4.69, 9.17) is 4.74 Å². The minimum absolute atomic E-state index is 0.178. The monoisotopic (exact) mass is 284 g/mol. The Kier molecular flexibility index (Phi) is 4.66. The van der Waals surface area contributed by atoms with Crippen molar-refractivity contribution in [2.75, 3.05) is 11.9 Å². The summed E-state index contributed by atoms with van der Waals surface area (Å²) < 4.78 is 4.91. The molecule has 0 aliphatic carbocycles. The molecule has 0 spiro atoms. The van der Waals surface area contributed by atoms with Crippen LogP contribution in [0.5, 0.6) is 0 Å². The summed E-state index contributed by atoms with van der Waals surface area (Å²) in [5.41, 5.74) is 2.96. The lowest BCUT2D eigenvalue weighted by Crippen LogP contribution is -2.21. The van der Waals surface area contributed by atoms with Gasteiger partial charge >= 0.3 is 5.97 Å². The fourth-order valence-corrected chi connectivity index (χ4v) is 1.83. The number of carbonyl (C=O) groups is 2. The Morgan fingerprint density at radius 3 is 2.67 bits per heavy atom. The summed E-state index contributed by atoms with van der Waals surface area (Å²) in [5, 5.41) is 2.71. The van der Waals surface area contributed by atoms with Crippen LogP contribution < -0.4 is 5.32 Å². The molecule has 5 heteroatoms. The lowest BCUT2D eigenvalue weighted by molar-refractivity contribution is -0.119. The highest BCUT2D eigenvalue weighted by molar-refractivity contribution is 5.95. The number of nitrogens with zero attached hydrogens (tertiary/aromatic N) is 1. The fraction of sp³-hybridized carbons (Fsp3) is 0.188. The van der Waals surface area contributed by atoms with Gasteiger partial charge < -0.3 is 10.1 Å². The Balaban J connectivity index is 1.89. The molecule has 5 nitrogen and oxygen atoms in total. The first-order valence-corrected chi connectivity index (χ1v) is 6.51. The van der Waals surface area contributed by atoms with Crippen LogP contribution in [0.15, 0.2) is 42.6 Å². The number of amides is 1. The first kappa shape index (κ1) is 14.7. The van der Waals surface area contributed by atoms with Crippen molar-refractivity contribution in [2.24, 2.45) is 0 Å². The van der Waals surface area contributed by atoms with Crippen LogP contribution >= 0.6 is 0 Å². The summed E-state index contributed by atoms with van der Waals surface area (Å²) in [7, 11) is 0. The molecule has 2 aromatic rings. The number of nitrogens with one attached hydrogen (secondary N) is 1. The maximum absolute atomic E-state index is 11.8. The van der Waals surface area contributed by atoms with Gasteiger partial charge in [0.05, 0.1) is 0 Å². The van der Waals surface area contributed by atoms with Crippen molar-refractivity contribution in [1.82, 2.24) is 4.98 Å². The average Bonchev–Trinajstić information content (AvgIpc) is 2.48. The SMILES string of the molecule is Cc1ccc(NC(=O)COC(=O)c2ccccn2)c(C)c1. The number of hydrogen-bond donors (Lipinski definition) is 1. The normalized spacial score (nSPS) is 10.0. The van der Waals surface area contributed by atoms with E-state index < -0.39 is 5.97 Å². The van der Waals surface area contributed by atoms with Crippen LogP contribution in [0.4, 0.5) is 5.69 Å². The third-order valence-corrected chi connectivity index (χ3v) is 2.86. The molecule has 0 saturated carbocycles. The Bertz CT molecular complexity index is 654. The minimum atomic E-state index is -0.619. The van der Waals surface area contributed by atoms with Crippen LogP contribution in [0.2, 0.25) is 0 Å². The van der Waals surface area contributed by atoms with Gasteiger partial charge in [0.1, 0.15) is 5.69 Å². The van der Waals surface area contributed by atoms with Crippen molar-refractivity contribution in [1.29, 1.82) is 0 Å². The van der Waals surface area contributed by atoms with Gasteiger partial charge in [-0.05, 0) is 37.6 Å². The molecule has 0 aliphatic rings. The van der Waals surface area contributed by atoms with Crippen molar-refractivity contribution in [2.45, 2.75) is 13.8 Å². The molecule has 21 heavy (non-hydrogen) atoms. The lowest BCUT2D eigenvalue weighted by atomic mass is 10.1. The van der Waals surface area contributed by atoms with E-state index in [1.54, 1.807) is 12.1 Å². The van der Waals surface area contributed by atoms with Crippen molar-refractivity contribution in [3.8, 4) is 0 Å². The second-order valence-corrected chi connectivity index (χ2v) is 4.66. The van der Waals surface area contributed by atoms with Crippen molar-refractivity contribution in [3.63, 3.8) is 0 Å². The van der Waals surface area contributed by atoms with Crippen LogP contribution in [0, 0.1) is 13.8 Å². The van der Waals surface area contributed by atoms with Gasteiger partial charge in [-0.2, -0.15) is 0 Å². The van der Waals surface area contributed by atoms with Gasteiger partial charge in [0.15, 0.2) is 6.61 Å². The number of anilines is 1. The van der Waals surface area contributed by atoms with E-state index in [0.29, 0.717) is 5.69 Å². The van der Waals surface area contributed by atoms with Crippen LogP contribution in [-0.2, 0) is 9.53 Å². The van der Waals surface area contributed by atoms with Gasteiger partial charge in [0, 0.05) is 11.9 Å². The number of carbonyl (C=O) groups excluding carboxylic acids is 2. The van der Waals surface area contributed by atoms with Gasteiger partial charge in [-0.3, -0.25) is 4.79 Å². The topological polar surface area (TPSA) is 68.3 Å². The lowest BCUT2D eigenvalue weighted by Gasteiger charge is -2.09. The smallest absolute Gasteiger partial charge is 0.357 e. The van der Waals surface area contributed by atoms with Gasteiger partial charge in [-0.1, -0.05) is 23.8 Å². The molecule has 0 radical (unpaired) electrons. The first-order valence-electron chi connectivity index (χ1n) is 6.51. The highest BCUT2D eigenvalue weighted by Gasteiger charge is 2.11. The fourth-order valence-electron chi connectivity index (χ4n) is 1.83. The maximum atomic E-state index is 11.8. The van der Waals surface area contributed by atoms with Crippen LogP contribution in [0.3, 0.4) is 0 Å². The number of pyridine rings is 1. The van der Waals surface area contributed by atoms with Gasteiger partial charge in [-0.15, -0.1) is 0 Å². The molecule has 0 bridgehead atoms. The largest absolute Gasteiger partial charge is 0.451 e. The van der Waals surface area contributed by atoms with Crippen molar-refractivity contribution < 1.29 is 14.3 Å². The molecule has 1 amide bonds. The summed E-state index contributed by atoms with van der Waals surface area (Å²) in [6.45, 7) is 3.54. The predicted octanol–water partition coefficient (Wildman–Crippen LogP) is 2.49. The van der Waals surface area contributed by atoms with E-state index in [0.717, 1.165) is 11.1 Å². The number of benzene rings is 1. The third kappa shape index (κ3) is 4.14. The van der Waals surface area contributed by atoms with Crippen LogP contribution in [-0.4, -0.2) is 23.5 Å². The number of aromatic nitrogens is 1. The Morgan fingerprint density at radius 1 is 1.19 bits per heavy atom. The number of rotatable bonds is 4. The zero-order valence-corrected chi connectivity index (χ0v) is 11.9. The van der Waals surface area contributed by atoms with E-state index >= 15 is 0 Å². The highest BCUT2D eigenvalue weighted by Crippen LogP contribution is 2.15. The Hall–Kier alpha value is -2.69. The quantitative estimate of drug-likeness (QED) is 0.876. The summed E-state index contributed by atoms with van der Waals surface area (Å²) in [6.07, 6.45) is 1.49. The molecule has 0 aliphatic heterocycles. The molecule has 1 heterocycles. The zero-order chi connectivity index (χ0) is 15.2. The summed E-state index contributed by atoms with van der Waals surface area (Å²) in [6, 6.07) is 10.6. The molecule has 0 unspecified atom stereocenters. The molecular formula is C16H16N2O3. The second-order valence-electron chi connectivity index (χ2n) is 4.66. The van der Waals surface area contributed by atoms with Crippen molar-refractivity contribution in [3.05, 3.63) is 59.4 Å². The molecule has 108 valence electrons.